The van der Waals surface area contributed by atoms with Crippen LogP contribution in [-0.2, 0) is 4.79 Å². The molecule has 4 heteroatoms. The van der Waals surface area contributed by atoms with Gasteiger partial charge in [0.15, 0.2) is 5.78 Å². The molecule has 0 spiro atoms. The summed E-state index contributed by atoms with van der Waals surface area (Å²) >= 11 is 0. The van der Waals surface area contributed by atoms with Crippen molar-refractivity contribution in [1.29, 1.82) is 0 Å². The smallest absolute Gasteiger partial charge is 0.249 e. The molecular weight excluding hydrogens is 196 g/mol. The molecular formula is C11H8O4. The summed E-state index contributed by atoms with van der Waals surface area (Å²) in [6.07, 6.45) is 0. The monoisotopic (exact) mass is 204 g/mol. The third-order valence-corrected chi connectivity index (χ3v) is 2.58. The highest BCUT2D eigenvalue weighted by atomic mass is 16.3. The lowest BCUT2D eigenvalue weighted by Gasteiger charge is -2.13. The quantitative estimate of drug-likeness (QED) is 0.671. The molecule has 15 heavy (non-hydrogen) atoms. The van der Waals surface area contributed by atoms with Crippen molar-refractivity contribution >= 4 is 17.3 Å². The number of benzene rings is 1. The maximum atomic E-state index is 11.7. The molecule has 0 atom stereocenters. The van der Waals surface area contributed by atoms with E-state index in [0.717, 1.165) is 6.92 Å². The first-order chi connectivity index (χ1) is 6.99. The van der Waals surface area contributed by atoms with E-state index in [1.807, 2.05) is 0 Å². The Labute approximate surface area is 85.5 Å². The number of hydrogen-bond acceptors (Lipinski definition) is 4. The molecule has 0 aliphatic heterocycles. The van der Waals surface area contributed by atoms with Gasteiger partial charge in [0, 0.05) is 11.1 Å². The number of aliphatic hydroxyl groups is 1. The first-order valence-electron chi connectivity index (χ1n) is 4.41. The van der Waals surface area contributed by atoms with Crippen molar-refractivity contribution in [3.63, 3.8) is 0 Å². The number of ketones is 3. The fraction of sp³-hybridized carbons (Fsp3) is 0.182. The Bertz CT molecular complexity index is 452. The molecule has 1 N–H and O–H groups in total. The molecule has 4 nitrogen and oxygen atoms in total. The van der Waals surface area contributed by atoms with Crippen LogP contribution in [0.15, 0.2) is 24.3 Å². The first kappa shape index (κ1) is 9.73. The van der Waals surface area contributed by atoms with E-state index in [1.54, 1.807) is 12.1 Å². The van der Waals surface area contributed by atoms with E-state index in [9.17, 15) is 19.5 Å². The average molecular weight is 204 g/mol. The molecule has 0 radical (unpaired) electrons. The second-order valence-corrected chi connectivity index (χ2v) is 3.47. The van der Waals surface area contributed by atoms with Crippen LogP contribution in [-0.4, -0.2) is 28.1 Å². The Morgan fingerprint density at radius 2 is 1.53 bits per heavy atom. The van der Waals surface area contributed by atoms with Gasteiger partial charge in [-0.2, -0.15) is 0 Å². The Hall–Kier alpha value is -1.81. The second kappa shape index (κ2) is 2.84. The van der Waals surface area contributed by atoms with E-state index in [0.29, 0.717) is 0 Å². The fourth-order valence-corrected chi connectivity index (χ4v) is 1.69. The minimum Gasteiger partial charge on any atom is -0.368 e. The van der Waals surface area contributed by atoms with Gasteiger partial charge in [0.1, 0.15) is 0 Å². The summed E-state index contributed by atoms with van der Waals surface area (Å²) in [5, 5.41) is 9.78. The molecule has 0 bridgehead atoms. The third kappa shape index (κ3) is 1.02. The second-order valence-electron chi connectivity index (χ2n) is 3.47. The van der Waals surface area contributed by atoms with Crippen LogP contribution in [0.2, 0.25) is 0 Å². The van der Waals surface area contributed by atoms with Crippen molar-refractivity contribution in [3.8, 4) is 0 Å². The highest BCUT2D eigenvalue weighted by Crippen LogP contribution is 2.30. The molecule has 76 valence electrons. The predicted octanol–water partition coefficient (Wildman–Crippen LogP) is 0.386. The van der Waals surface area contributed by atoms with Crippen LogP contribution in [0.5, 0.6) is 0 Å². The van der Waals surface area contributed by atoms with Crippen LogP contribution in [0.3, 0.4) is 0 Å². The highest BCUT2D eigenvalue weighted by Gasteiger charge is 2.55. The summed E-state index contributed by atoms with van der Waals surface area (Å²) < 4.78 is 0. The summed E-state index contributed by atoms with van der Waals surface area (Å²) in [4.78, 5) is 34.5. The molecule has 1 aliphatic carbocycles. The maximum absolute atomic E-state index is 11.7. The van der Waals surface area contributed by atoms with Gasteiger partial charge in [0.25, 0.3) is 0 Å². The molecule has 0 saturated carbocycles. The van der Waals surface area contributed by atoms with Crippen LogP contribution in [0.4, 0.5) is 0 Å². The molecule has 2 rings (SSSR count). The van der Waals surface area contributed by atoms with Crippen LogP contribution in [0.25, 0.3) is 0 Å². The minimum atomic E-state index is -2.50. The Balaban J connectivity index is 2.70. The molecule has 0 fully saturated rings. The Kier molecular flexibility index (Phi) is 1.84. The zero-order chi connectivity index (χ0) is 11.2. The van der Waals surface area contributed by atoms with Gasteiger partial charge in [0.2, 0.25) is 17.2 Å². The standard InChI is InChI=1S/C11H8O4/c1-6(12)11(15)9(13)7-4-2-3-5-8(7)10(11)14/h2-5,15H,1H3. The van der Waals surface area contributed by atoms with Crippen LogP contribution in [0.1, 0.15) is 27.6 Å². The SMILES string of the molecule is CC(=O)C1(O)C(=O)c2ccccc2C1=O. The van der Waals surface area contributed by atoms with Crippen LogP contribution < -0.4 is 0 Å². The van der Waals surface area contributed by atoms with Gasteiger partial charge in [-0.05, 0) is 6.92 Å². The minimum absolute atomic E-state index is 0.111. The molecule has 1 aromatic rings. The zero-order valence-corrected chi connectivity index (χ0v) is 7.98. The number of fused-ring (bicyclic) bond motifs is 1. The predicted molar refractivity (Wildman–Crippen MR) is 50.7 cm³/mol. The van der Waals surface area contributed by atoms with Gasteiger partial charge in [-0.3, -0.25) is 14.4 Å². The third-order valence-electron chi connectivity index (χ3n) is 2.58. The van der Waals surface area contributed by atoms with Gasteiger partial charge in [-0.15, -0.1) is 0 Å². The number of carbonyl (C=O) groups excluding carboxylic acids is 3. The van der Waals surface area contributed by atoms with Crippen molar-refractivity contribution in [1.82, 2.24) is 0 Å². The van der Waals surface area contributed by atoms with Crippen molar-refractivity contribution in [2.24, 2.45) is 0 Å². The van der Waals surface area contributed by atoms with Gasteiger partial charge in [-0.1, -0.05) is 24.3 Å². The van der Waals surface area contributed by atoms with Gasteiger partial charge >= 0.3 is 0 Å². The van der Waals surface area contributed by atoms with Crippen LogP contribution in [0, 0.1) is 0 Å². The van der Waals surface area contributed by atoms with E-state index < -0.39 is 23.0 Å². The first-order valence-corrected chi connectivity index (χ1v) is 4.41. The summed E-state index contributed by atoms with van der Waals surface area (Å²) in [6.45, 7) is 1.03. The molecule has 0 amide bonds. The molecule has 1 aliphatic rings. The molecule has 0 saturated heterocycles. The van der Waals surface area contributed by atoms with Crippen molar-refractivity contribution in [3.05, 3.63) is 35.4 Å². The average Bonchev–Trinajstić information content (AvgIpc) is 2.43. The van der Waals surface area contributed by atoms with Gasteiger partial charge < -0.3 is 5.11 Å². The van der Waals surface area contributed by atoms with E-state index >= 15 is 0 Å². The van der Waals surface area contributed by atoms with E-state index in [-0.39, 0.29) is 11.1 Å². The lowest BCUT2D eigenvalue weighted by Crippen LogP contribution is -2.47. The summed E-state index contributed by atoms with van der Waals surface area (Å²) in [7, 11) is 0. The number of rotatable bonds is 1. The lowest BCUT2D eigenvalue weighted by atomic mass is 9.94. The van der Waals surface area contributed by atoms with E-state index in [1.165, 1.54) is 12.1 Å². The lowest BCUT2D eigenvalue weighted by molar-refractivity contribution is -0.127. The van der Waals surface area contributed by atoms with Crippen molar-refractivity contribution in [2.45, 2.75) is 12.5 Å². The molecule has 0 unspecified atom stereocenters. The van der Waals surface area contributed by atoms with Crippen molar-refractivity contribution < 1.29 is 19.5 Å². The van der Waals surface area contributed by atoms with Crippen LogP contribution >= 0.6 is 0 Å². The highest BCUT2D eigenvalue weighted by molar-refractivity contribution is 6.42. The summed E-state index contributed by atoms with van der Waals surface area (Å²) in [5.41, 5.74) is -2.27. The molecule has 0 heterocycles. The van der Waals surface area contributed by atoms with Gasteiger partial charge in [0.05, 0.1) is 0 Å². The van der Waals surface area contributed by atoms with Crippen molar-refractivity contribution in [2.75, 3.05) is 0 Å². The number of carbonyl (C=O) groups is 3. The fourth-order valence-electron chi connectivity index (χ4n) is 1.69. The number of hydrogen-bond donors (Lipinski definition) is 1. The topological polar surface area (TPSA) is 71.4 Å². The normalized spacial score (nSPS) is 17.7. The maximum Gasteiger partial charge on any atom is 0.249 e. The number of Topliss-reactive ketones (excluding diaryl/α,β-unsaturated/α-hetero) is 3. The Morgan fingerprint density at radius 3 is 1.87 bits per heavy atom. The van der Waals surface area contributed by atoms with E-state index in [4.69, 9.17) is 0 Å². The summed E-state index contributed by atoms with van der Waals surface area (Å²) in [6, 6.07) is 6.01. The largest absolute Gasteiger partial charge is 0.368 e. The van der Waals surface area contributed by atoms with E-state index in [2.05, 4.69) is 0 Å². The van der Waals surface area contributed by atoms with Gasteiger partial charge in [-0.25, -0.2) is 0 Å². The zero-order valence-electron chi connectivity index (χ0n) is 7.98. The summed E-state index contributed by atoms with van der Waals surface area (Å²) in [5.74, 6) is -2.49. The Morgan fingerprint density at radius 1 is 1.13 bits per heavy atom. The molecule has 1 aromatic carbocycles. The molecule has 0 aromatic heterocycles.